The molecule has 17 heteroatoms. The molecule has 0 unspecified atom stereocenters. The van der Waals surface area contributed by atoms with Crippen molar-refractivity contribution in [1.29, 1.82) is 0 Å². The Bertz CT molecular complexity index is 1730. The van der Waals surface area contributed by atoms with Crippen LogP contribution in [0.4, 0.5) is 0 Å². The SMILES string of the molecule is CO[C@@H]1[C@@H](O)[C@H](O[C@@H]2[C@@H](C)O[C@@H](O[C@H]3[C@@H](OC)C[C@H](O[C@H]4[C@H](O)C[C@H](O[C@H]5CC[C@@]6(C)C(=CC[C@@H]7[C@@H]6CC[C@]6(C)[C@@H]8[C@H]9CO[C@]8(C)O[C@@]76O9)C5)O[C@@H]4C)O[C@@H]3C)C[C@H]2OC)O[C@H](C)[C@H]1O. The minimum absolute atomic E-state index is 0.00494. The molecule has 2 bridgehead atoms. The van der Waals surface area contributed by atoms with E-state index in [0.29, 0.717) is 31.3 Å². The number of hydrogen-bond donors (Lipinski definition) is 3. The van der Waals surface area contributed by atoms with Crippen LogP contribution in [0.3, 0.4) is 0 Å². The third kappa shape index (κ3) is 7.76. The van der Waals surface area contributed by atoms with Gasteiger partial charge in [0.2, 0.25) is 0 Å². The van der Waals surface area contributed by atoms with Crippen LogP contribution < -0.4 is 0 Å². The number of allylic oxidation sites excluding steroid dienone is 1. The van der Waals surface area contributed by atoms with Crippen molar-refractivity contribution in [3.8, 4) is 0 Å². The normalized spacial score (nSPS) is 57.3. The molecule has 7 heterocycles. The first-order chi connectivity index (χ1) is 30.9. The lowest BCUT2D eigenvalue weighted by atomic mass is 9.48. The maximum Gasteiger partial charge on any atom is 0.187 e. The average molecular weight is 925 g/mol. The first-order valence-corrected chi connectivity index (χ1v) is 24.5. The molecule has 10 rings (SSSR count). The number of methoxy groups -OCH3 is 3. The van der Waals surface area contributed by atoms with Crippen molar-refractivity contribution in [2.75, 3.05) is 27.9 Å². The van der Waals surface area contributed by atoms with Crippen LogP contribution in [-0.4, -0.2) is 172 Å². The van der Waals surface area contributed by atoms with Gasteiger partial charge in [0.25, 0.3) is 0 Å². The zero-order valence-electron chi connectivity index (χ0n) is 39.9. The van der Waals surface area contributed by atoms with Crippen LogP contribution in [0.15, 0.2) is 11.6 Å². The van der Waals surface area contributed by atoms with E-state index in [4.69, 9.17) is 66.3 Å². The zero-order chi connectivity index (χ0) is 46.0. The van der Waals surface area contributed by atoms with Crippen LogP contribution in [0.5, 0.6) is 0 Å². The fourth-order valence-corrected chi connectivity index (χ4v) is 14.7. The third-order valence-corrected chi connectivity index (χ3v) is 18.0. The van der Waals surface area contributed by atoms with Crippen LogP contribution in [0, 0.1) is 28.6 Å². The van der Waals surface area contributed by atoms with Crippen LogP contribution >= 0.6 is 0 Å². The molecule has 3 N–H and O–H groups in total. The fraction of sp³-hybridized carbons (Fsp3) is 0.958. The highest BCUT2D eigenvalue weighted by Gasteiger charge is 2.83. The molecule has 9 fully saturated rings. The van der Waals surface area contributed by atoms with E-state index >= 15 is 0 Å². The van der Waals surface area contributed by atoms with Gasteiger partial charge >= 0.3 is 0 Å². The quantitative estimate of drug-likeness (QED) is 0.253. The van der Waals surface area contributed by atoms with Crippen molar-refractivity contribution in [2.24, 2.45) is 28.6 Å². The highest BCUT2D eigenvalue weighted by Crippen LogP contribution is 2.76. The van der Waals surface area contributed by atoms with E-state index in [2.05, 4.69) is 26.8 Å². The van der Waals surface area contributed by atoms with Gasteiger partial charge in [-0.2, -0.15) is 0 Å². The van der Waals surface area contributed by atoms with Gasteiger partial charge in [-0.25, -0.2) is 0 Å². The topological polar surface area (TPSA) is 190 Å². The summed E-state index contributed by atoms with van der Waals surface area (Å²) in [5.74, 6) is -0.0884. The fourth-order valence-electron chi connectivity index (χ4n) is 14.7. The van der Waals surface area contributed by atoms with Crippen LogP contribution in [0.25, 0.3) is 0 Å². The molecule has 0 aromatic rings. The van der Waals surface area contributed by atoms with E-state index in [0.717, 1.165) is 32.1 Å². The van der Waals surface area contributed by atoms with E-state index in [1.807, 2.05) is 20.8 Å². The van der Waals surface area contributed by atoms with E-state index in [9.17, 15) is 15.3 Å². The molecule has 2 saturated carbocycles. The van der Waals surface area contributed by atoms with Crippen LogP contribution in [0.1, 0.15) is 106 Å². The summed E-state index contributed by atoms with van der Waals surface area (Å²) in [4.78, 5) is 0. The van der Waals surface area contributed by atoms with Crippen molar-refractivity contribution in [3.63, 3.8) is 0 Å². The Morgan fingerprint density at radius 3 is 1.91 bits per heavy atom. The minimum Gasteiger partial charge on any atom is -0.390 e. The lowest BCUT2D eigenvalue weighted by Gasteiger charge is -2.59. The molecule has 0 aromatic carbocycles. The van der Waals surface area contributed by atoms with E-state index < -0.39 is 116 Å². The van der Waals surface area contributed by atoms with Gasteiger partial charge in [-0.15, -0.1) is 0 Å². The third-order valence-electron chi connectivity index (χ3n) is 18.0. The second-order valence-corrected chi connectivity index (χ2v) is 21.6. The highest BCUT2D eigenvalue weighted by molar-refractivity contribution is 5.30. The van der Waals surface area contributed by atoms with E-state index in [1.165, 1.54) is 19.1 Å². The predicted molar refractivity (Wildman–Crippen MR) is 227 cm³/mol. The molecular weight excluding hydrogens is 849 g/mol. The Morgan fingerprint density at radius 1 is 0.646 bits per heavy atom. The molecule has 0 radical (unpaired) electrons. The number of fused-ring (bicyclic) bond motifs is 3. The second-order valence-electron chi connectivity index (χ2n) is 21.6. The summed E-state index contributed by atoms with van der Waals surface area (Å²) >= 11 is 0. The summed E-state index contributed by atoms with van der Waals surface area (Å²) in [6.45, 7) is 15.0. The van der Waals surface area contributed by atoms with Crippen molar-refractivity contribution in [1.82, 2.24) is 0 Å². The van der Waals surface area contributed by atoms with Gasteiger partial charge in [-0.3, -0.25) is 0 Å². The highest BCUT2D eigenvalue weighted by atomic mass is 16.8. The summed E-state index contributed by atoms with van der Waals surface area (Å²) in [5.41, 5.74) is 1.49. The molecule has 10 aliphatic rings. The molecule has 26 atom stereocenters. The van der Waals surface area contributed by atoms with Crippen molar-refractivity contribution >= 4 is 0 Å². The van der Waals surface area contributed by atoms with Gasteiger partial charge in [0.1, 0.15) is 36.6 Å². The minimum atomic E-state index is -1.22. The molecule has 0 spiro atoms. The largest absolute Gasteiger partial charge is 0.390 e. The standard InChI is InChI=1S/C48H76O17/c1-22-37(50)42(54-10)38(51)44(59-22)63-41-25(4)58-36(20-32(41)53-9)62-40-24(3)57-35(19-31(40)52-8)61-39-23(2)56-34(18-30(39)49)60-27-13-15-45(5)26(17-27)11-12-29-28(45)14-16-46(6)43-33-21-55-47(43,7)65-48(29,46)64-33/h11,22-25,27-44,49-51H,12-21H2,1-10H3/t22-,23-,24-,25-,27+,28+,29-,30-,31+,32-,33-,34+,35+,36+,37-,38-,39-,40-,41-,42+,43+,44+,45+,46-,47-,48+/m1/s1. The van der Waals surface area contributed by atoms with Gasteiger partial charge < -0.3 is 81.6 Å². The van der Waals surface area contributed by atoms with Gasteiger partial charge in [0.15, 0.2) is 36.7 Å². The Kier molecular flexibility index (Phi) is 13.0. The summed E-state index contributed by atoms with van der Waals surface area (Å²) in [5, 5.41) is 32.8. The Balaban J connectivity index is 0.709. The van der Waals surface area contributed by atoms with Crippen molar-refractivity contribution in [3.05, 3.63) is 11.6 Å². The molecule has 3 aliphatic carbocycles. The molecule has 0 aromatic heterocycles. The Morgan fingerprint density at radius 2 is 1.28 bits per heavy atom. The van der Waals surface area contributed by atoms with Crippen molar-refractivity contribution < 1.29 is 81.6 Å². The van der Waals surface area contributed by atoms with Gasteiger partial charge in [-0.1, -0.05) is 25.5 Å². The van der Waals surface area contributed by atoms with Gasteiger partial charge in [0.05, 0.1) is 67.5 Å². The van der Waals surface area contributed by atoms with Crippen molar-refractivity contribution in [2.45, 2.75) is 235 Å². The predicted octanol–water partition coefficient (Wildman–Crippen LogP) is 3.85. The lowest BCUT2D eigenvalue weighted by molar-refractivity contribution is -0.359. The second kappa shape index (κ2) is 17.7. The number of aliphatic hydroxyl groups is 3. The Labute approximate surface area is 383 Å². The number of aliphatic hydroxyl groups excluding tert-OH is 3. The monoisotopic (exact) mass is 925 g/mol. The lowest BCUT2D eigenvalue weighted by Crippen LogP contribution is -2.61. The van der Waals surface area contributed by atoms with Crippen LogP contribution in [0.2, 0.25) is 0 Å². The molecule has 65 heavy (non-hydrogen) atoms. The Hall–Kier alpha value is -0.940. The molecule has 17 nitrogen and oxygen atoms in total. The molecule has 7 saturated heterocycles. The maximum absolute atomic E-state index is 11.5. The van der Waals surface area contributed by atoms with E-state index in [1.54, 1.807) is 21.1 Å². The van der Waals surface area contributed by atoms with Gasteiger partial charge in [-0.05, 0) is 84.5 Å². The van der Waals surface area contributed by atoms with Crippen LogP contribution in [-0.2, 0) is 66.3 Å². The summed E-state index contributed by atoms with van der Waals surface area (Å²) < 4.78 is 88.1. The maximum atomic E-state index is 11.5. The molecular formula is C48H76O17. The summed E-state index contributed by atoms with van der Waals surface area (Å²) in [6.07, 6.45) is -2.02. The zero-order valence-corrected chi connectivity index (χ0v) is 39.9. The van der Waals surface area contributed by atoms with Gasteiger partial charge in [0, 0.05) is 51.9 Å². The number of hydrogen-bond acceptors (Lipinski definition) is 17. The first-order valence-electron chi connectivity index (χ1n) is 24.5. The average Bonchev–Trinajstić information content (AvgIpc) is 3.75. The molecule has 7 aliphatic heterocycles. The summed E-state index contributed by atoms with van der Waals surface area (Å²) in [7, 11) is 4.65. The number of ether oxygens (including phenoxy) is 14. The first kappa shape index (κ1) is 47.7. The smallest absolute Gasteiger partial charge is 0.187 e. The molecule has 0 amide bonds. The number of rotatable bonds is 11. The summed E-state index contributed by atoms with van der Waals surface area (Å²) in [6, 6.07) is 0. The molecule has 370 valence electrons. The van der Waals surface area contributed by atoms with E-state index in [-0.39, 0.29) is 35.4 Å².